The molecule has 0 fully saturated rings. The van der Waals surface area contributed by atoms with Gasteiger partial charge in [-0.3, -0.25) is 4.79 Å². The van der Waals surface area contributed by atoms with E-state index >= 15 is 0 Å². The number of carbonyl (C=O) groups excluding carboxylic acids is 1. The number of carbonyl (C=O) groups is 1. The lowest BCUT2D eigenvalue weighted by Crippen LogP contribution is -2.31. The van der Waals surface area contributed by atoms with Gasteiger partial charge in [0.1, 0.15) is 18.1 Å². The summed E-state index contributed by atoms with van der Waals surface area (Å²) in [4.78, 5) is 17.5. The normalized spacial score (nSPS) is 15.6. The molecule has 1 aliphatic heterocycles. The van der Waals surface area contributed by atoms with Crippen LogP contribution in [-0.4, -0.2) is 27.8 Å². The molecule has 0 aliphatic carbocycles. The number of ether oxygens (including phenoxy) is 1. The van der Waals surface area contributed by atoms with E-state index in [1.54, 1.807) is 30.0 Å². The van der Waals surface area contributed by atoms with Gasteiger partial charge in [-0.05, 0) is 36.8 Å². The number of aromatic nitrogens is 3. The predicted octanol–water partition coefficient (Wildman–Crippen LogP) is 3.87. The molecule has 0 saturated carbocycles. The van der Waals surface area contributed by atoms with Crippen LogP contribution < -0.4 is 15.4 Å². The molecule has 2 N–H and O–H groups in total. The highest BCUT2D eigenvalue weighted by atomic mass is 35.5. The first-order valence-corrected chi connectivity index (χ1v) is 9.03. The Morgan fingerprint density at radius 1 is 1.25 bits per heavy atom. The summed E-state index contributed by atoms with van der Waals surface area (Å²) in [5.74, 6) is 0.885. The SMILES string of the molecule is COc1ccccc1NC(=O)C1=C(C)Nc2ncnn2[C@@H]1c1cccc(Cl)c1. The lowest BCUT2D eigenvalue weighted by atomic mass is 9.95. The minimum atomic E-state index is -0.466. The van der Waals surface area contributed by atoms with E-state index in [-0.39, 0.29) is 5.91 Å². The van der Waals surface area contributed by atoms with Crippen LogP contribution in [-0.2, 0) is 4.79 Å². The van der Waals surface area contributed by atoms with Crippen LogP contribution in [0, 0.1) is 0 Å². The van der Waals surface area contributed by atoms with Crippen molar-refractivity contribution in [1.29, 1.82) is 0 Å². The average molecular weight is 396 g/mol. The molecule has 1 amide bonds. The molecule has 1 aromatic heterocycles. The monoisotopic (exact) mass is 395 g/mol. The highest BCUT2D eigenvalue weighted by molar-refractivity contribution is 6.30. The van der Waals surface area contributed by atoms with Crippen molar-refractivity contribution in [3.63, 3.8) is 0 Å². The Balaban J connectivity index is 1.77. The number of amides is 1. The lowest BCUT2D eigenvalue weighted by Gasteiger charge is -2.29. The van der Waals surface area contributed by atoms with Gasteiger partial charge >= 0.3 is 0 Å². The van der Waals surface area contributed by atoms with Crippen LogP contribution in [0.3, 0.4) is 0 Å². The lowest BCUT2D eigenvalue weighted by molar-refractivity contribution is -0.113. The molecule has 3 aromatic rings. The Kier molecular flexibility index (Phi) is 4.75. The molecule has 8 heteroatoms. The summed E-state index contributed by atoms with van der Waals surface area (Å²) < 4.78 is 7.02. The first kappa shape index (κ1) is 18.1. The average Bonchev–Trinajstić information content (AvgIpc) is 3.15. The maximum Gasteiger partial charge on any atom is 0.255 e. The molecule has 0 radical (unpaired) electrons. The predicted molar refractivity (Wildman–Crippen MR) is 108 cm³/mol. The van der Waals surface area contributed by atoms with Crippen molar-refractivity contribution in [2.45, 2.75) is 13.0 Å². The van der Waals surface area contributed by atoms with E-state index in [9.17, 15) is 4.79 Å². The summed E-state index contributed by atoms with van der Waals surface area (Å²) in [7, 11) is 1.56. The minimum Gasteiger partial charge on any atom is -0.495 e. The quantitative estimate of drug-likeness (QED) is 0.700. The second-order valence-electron chi connectivity index (χ2n) is 6.30. The highest BCUT2D eigenvalue weighted by Crippen LogP contribution is 2.36. The Morgan fingerprint density at radius 3 is 2.86 bits per heavy atom. The highest BCUT2D eigenvalue weighted by Gasteiger charge is 2.33. The van der Waals surface area contributed by atoms with Crippen LogP contribution in [0.4, 0.5) is 11.6 Å². The van der Waals surface area contributed by atoms with Crippen LogP contribution in [0.15, 0.2) is 66.1 Å². The molecule has 1 atom stereocenters. The van der Waals surface area contributed by atoms with Gasteiger partial charge in [0.2, 0.25) is 5.95 Å². The number of allylic oxidation sites excluding steroid dienone is 1. The number of para-hydroxylation sites is 2. The number of fused-ring (bicyclic) bond motifs is 1. The largest absolute Gasteiger partial charge is 0.495 e. The van der Waals surface area contributed by atoms with Crippen LogP contribution >= 0.6 is 11.6 Å². The molecular formula is C20H18ClN5O2. The van der Waals surface area contributed by atoms with Crippen molar-refractivity contribution in [2.75, 3.05) is 17.7 Å². The number of benzene rings is 2. The maximum atomic E-state index is 13.3. The number of anilines is 2. The third kappa shape index (κ3) is 3.20. The van der Waals surface area contributed by atoms with Gasteiger partial charge < -0.3 is 15.4 Å². The van der Waals surface area contributed by atoms with Crippen molar-refractivity contribution < 1.29 is 9.53 Å². The Hall–Kier alpha value is -3.32. The molecule has 2 aromatic carbocycles. The van der Waals surface area contributed by atoms with Gasteiger partial charge in [0, 0.05) is 10.7 Å². The van der Waals surface area contributed by atoms with Gasteiger partial charge in [-0.2, -0.15) is 10.1 Å². The zero-order valence-corrected chi connectivity index (χ0v) is 16.1. The van der Waals surface area contributed by atoms with E-state index in [0.717, 1.165) is 5.56 Å². The zero-order valence-electron chi connectivity index (χ0n) is 15.3. The third-order valence-electron chi connectivity index (χ3n) is 4.56. The van der Waals surface area contributed by atoms with Crippen molar-refractivity contribution in [3.05, 3.63) is 76.7 Å². The van der Waals surface area contributed by atoms with E-state index in [4.69, 9.17) is 16.3 Å². The smallest absolute Gasteiger partial charge is 0.255 e. The van der Waals surface area contributed by atoms with E-state index < -0.39 is 6.04 Å². The molecule has 0 bridgehead atoms. The van der Waals surface area contributed by atoms with Gasteiger partial charge in [-0.1, -0.05) is 35.9 Å². The number of rotatable bonds is 4. The number of halogens is 1. The molecule has 142 valence electrons. The minimum absolute atomic E-state index is 0.263. The number of nitrogens with zero attached hydrogens (tertiary/aromatic N) is 3. The fraction of sp³-hybridized carbons (Fsp3) is 0.150. The maximum absolute atomic E-state index is 13.3. The summed E-state index contributed by atoms with van der Waals surface area (Å²) in [5, 5.41) is 11.0. The summed E-state index contributed by atoms with van der Waals surface area (Å²) in [6.45, 7) is 1.84. The summed E-state index contributed by atoms with van der Waals surface area (Å²) in [6.07, 6.45) is 1.45. The molecule has 4 rings (SSSR count). The first-order chi connectivity index (χ1) is 13.6. The van der Waals surface area contributed by atoms with Crippen molar-refractivity contribution in [2.24, 2.45) is 0 Å². The van der Waals surface area contributed by atoms with Crippen LogP contribution in [0.25, 0.3) is 0 Å². The molecule has 28 heavy (non-hydrogen) atoms. The first-order valence-electron chi connectivity index (χ1n) is 8.65. The second-order valence-corrected chi connectivity index (χ2v) is 6.74. The Bertz CT molecular complexity index is 1080. The van der Waals surface area contributed by atoms with Crippen LogP contribution in [0.2, 0.25) is 5.02 Å². The molecule has 0 unspecified atom stereocenters. The fourth-order valence-corrected chi connectivity index (χ4v) is 3.51. The molecule has 7 nitrogen and oxygen atoms in total. The van der Waals surface area contributed by atoms with Crippen LogP contribution in [0.5, 0.6) is 5.75 Å². The second kappa shape index (κ2) is 7.36. The molecule has 0 saturated heterocycles. The summed E-state index contributed by atoms with van der Waals surface area (Å²) >= 11 is 6.20. The Morgan fingerprint density at radius 2 is 2.07 bits per heavy atom. The molecular weight excluding hydrogens is 378 g/mol. The topological polar surface area (TPSA) is 81.1 Å². The van der Waals surface area contributed by atoms with Gasteiger partial charge in [0.15, 0.2) is 0 Å². The number of hydrogen-bond acceptors (Lipinski definition) is 5. The molecule has 2 heterocycles. The Labute approximate surface area is 167 Å². The van der Waals surface area contributed by atoms with Crippen molar-refractivity contribution in [1.82, 2.24) is 14.8 Å². The zero-order chi connectivity index (χ0) is 19.7. The number of hydrogen-bond donors (Lipinski definition) is 2. The third-order valence-corrected chi connectivity index (χ3v) is 4.79. The summed E-state index contributed by atoms with van der Waals surface area (Å²) in [6, 6.07) is 14.2. The standard InChI is InChI=1S/C20H18ClN5O2/c1-12-17(19(27)25-15-8-3-4-9-16(15)28-2)18(13-6-5-7-14(21)10-13)26-20(24-12)22-11-23-26/h3-11,18H,1-2H3,(H,25,27)(H,22,23,24)/t18-/m1/s1. The van der Waals surface area contributed by atoms with Gasteiger partial charge in [0.25, 0.3) is 5.91 Å². The van der Waals surface area contributed by atoms with E-state index in [2.05, 4.69) is 20.7 Å². The van der Waals surface area contributed by atoms with Gasteiger partial charge in [0.05, 0.1) is 18.4 Å². The van der Waals surface area contributed by atoms with Crippen LogP contribution in [0.1, 0.15) is 18.5 Å². The van der Waals surface area contributed by atoms with Gasteiger partial charge in [-0.15, -0.1) is 0 Å². The van der Waals surface area contributed by atoms with Gasteiger partial charge in [-0.25, -0.2) is 4.68 Å². The van der Waals surface area contributed by atoms with Crippen molar-refractivity contribution >= 4 is 29.1 Å². The molecule has 1 aliphatic rings. The van der Waals surface area contributed by atoms with Crippen molar-refractivity contribution in [3.8, 4) is 5.75 Å². The van der Waals surface area contributed by atoms with E-state index in [0.29, 0.717) is 33.7 Å². The fourth-order valence-electron chi connectivity index (χ4n) is 3.31. The summed E-state index contributed by atoms with van der Waals surface area (Å²) in [5.41, 5.74) is 2.64. The number of nitrogens with one attached hydrogen (secondary N) is 2. The van der Waals surface area contributed by atoms with E-state index in [1.165, 1.54) is 6.33 Å². The number of methoxy groups -OCH3 is 1. The molecule has 0 spiro atoms. The van der Waals surface area contributed by atoms with E-state index in [1.807, 2.05) is 37.3 Å².